The van der Waals surface area contributed by atoms with Crippen molar-refractivity contribution in [3.05, 3.63) is 96.1 Å². The first-order valence-corrected chi connectivity index (χ1v) is 8.09. The standard InChI is InChI=1S/C23H14O/c24-23-19-13-12-17(15-6-2-1-3-7-15)14-21(19)18-10-4-8-16-9-5-11-20(23)22(16)18/h1-14H. The zero-order valence-electron chi connectivity index (χ0n) is 13.0. The monoisotopic (exact) mass is 306 g/mol. The fourth-order valence-corrected chi connectivity index (χ4v) is 3.67. The van der Waals surface area contributed by atoms with Gasteiger partial charge < -0.3 is 0 Å². The number of benzene rings is 4. The molecule has 0 bridgehead atoms. The van der Waals surface area contributed by atoms with Crippen LogP contribution < -0.4 is 0 Å². The van der Waals surface area contributed by atoms with Gasteiger partial charge in [-0.15, -0.1) is 0 Å². The Kier molecular flexibility index (Phi) is 2.71. The van der Waals surface area contributed by atoms with Crippen molar-refractivity contribution in [3.63, 3.8) is 0 Å². The molecule has 112 valence electrons. The van der Waals surface area contributed by atoms with E-state index in [-0.39, 0.29) is 5.78 Å². The van der Waals surface area contributed by atoms with Crippen molar-refractivity contribution < 1.29 is 4.79 Å². The van der Waals surface area contributed by atoms with E-state index in [1.807, 2.05) is 42.5 Å². The van der Waals surface area contributed by atoms with Crippen molar-refractivity contribution in [1.29, 1.82) is 0 Å². The van der Waals surface area contributed by atoms with Crippen LogP contribution in [0.2, 0.25) is 0 Å². The summed E-state index contributed by atoms with van der Waals surface area (Å²) in [7, 11) is 0. The molecule has 4 aromatic carbocycles. The third-order valence-corrected chi connectivity index (χ3v) is 4.81. The summed E-state index contributed by atoms with van der Waals surface area (Å²) in [5.41, 5.74) is 6.09. The van der Waals surface area contributed by atoms with Crippen LogP contribution in [0.4, 0.5) is 0 Å². The minimum Gasteiger partial charge on any atom is -0.289 e. The molecule has 0 aromatic heterocycles. The van der Waals surface area contributed by atoms with Gasteiger partial charge in [0.15, 0.2) is 5.78 Å². The number of fused-ring (bicyclic) bond motifs is 2. The number of carbonyl (C=O) groups is 1. The summed E-state index contributed by atoms with van der Waals surface area (Å²) >= 11 is 0. The van der Waals surface area contributed by atoms with Crippen LogP contribution in [0.15, 0.2) is 84.9 Å². The molecule has 0 atom stereocenters. The van der Waals surface area contributed by atoms with Crippen molar-refractivity contribution in [2.75, 3.05) is 0 Å². The Morgan fingerprint density at radius 3 is 2.04 bits per heavy atom. The van der Waals surface area contributed by atoms with Gasteiger partial charge in [-0.1, -0.05) is 72.8 Å². The van der Waals surface area contributed by atoms with Crippen LogP contribution in [-0.4, -0.2) is 5.78 Å². The second kappa shape index (κ2) is 4.90. The molecule has 1 nitrogen and oxygen atoms in total. The van der Waals surface area contributed by atoms with Crippen LogP contribution in [0.1, 0.15) is 15.9 Å². The molecule has 1 aliphatic rings. The van der Waals surface area contributed by atoms with E-state index in [0.29, 0.717) is 0 Å². The number of hydrogen-bond donors (Lipinski definition) is 0. The minimum absolute atomic E-state index is 0.119. The summed E-state index contributed by atoms with van der Waals surface area (Å²) in [6, 6.07) is 28.7. The number of ketones is 1. The van der Waals surface area contributed by atoms with Crippen LogP contribution in [0.5, 0.6) is 0 Å². The lowest BCUT2D eigenvalue weighted by molar-refractivity contribution is 0.104. The Balaban J connectivity index is 1.85. The summed E-state index contributed by atoms with van der Waals surface area (Å²) < 4.78 is 0. The van der Waals surface area contributed by atoms with Crippen molar-refractivity contribution in [1.82, 2.24) is 0 Å². The second-order valence-corrected chi connectivity index (χ2v) is 6.16. The summed E-state index contributed by atoms with van der Waals surface area (Å²) in [5, 5.41) is 2.19. The van der Waals surface area contributed by atoms with Gasteiger partial charge in [0, 0.05) is 16.5 Å². The third kappa shape index (κ3) is 1.79. The summed E-state index contributed by atoms with van der Waals surface area (Å²) in [5.74, 6) is 0.119. The van der Waals surface area contributed by atoms with E-state index < -0.39 is 0 Å². The Bertz CT molecular complexity index is 1100. The molecule has 1 heteroatoms. The molecule has 0 fully saturated rings. The molecule has 0 spiro atoms. The van der Waals surface area contributed by atoms with E-state index in [4.69, 9.17) is 0 Å². The maximum atomic E-state index is 12.9. The van der Waals surface area contributed by atoms with Gasteiger partial charge in [0.05, 0.1) is 0 Å². The van der Waals surface area contributed by atoms with Gasteiger partial charge >= 0.3 is 0 Å². The largest absolute Gasteiger partial charge is 0.289 e. The number of carbonyl (C=O) groups excluding carboxylic acids is 1. The minimum atomic E-state index is 0.119. The van der Waals surface area contributed by atoms with E-state index in [1.54, 1.807) is 0 Å². The topological polar surface area (TPSA) is 17.1 Å². The first-order valence-electron chi connectivity index (χ1n) is 8.09. The van der Waals surface area contributed by atoms with Crippen LogP contribution in [0.25, 0.3) is 33.0 Å². The molecule has 0 radical (unpaired) electrons. The molecule has 0 N–H and O–H groups in total. The van der Waals surface area contributed by atoms with Gasteiger partial charge in [0.2, 0.25) is 0 Å². The van der Waals surface area contributed by atoms with Gasteiger partial charge in [-0.25, -0.2) is 0 Å². The van der Waals surface area contributed by atoms with Crippen LogP contribution in [-0.2, 0) is 0 Å². The van der Waals surface area contributed by atoms with E-state index in [1.165, 1.54) is 5.56 Å². The molecule has 4 aromatic rings. The maximum absolute atomic E-state index is 12.9. The molecule has 1 aliphatic carbocycles. The van der Waals surface area contributed by atoms with Crippen molar-refractivity contribution in [2.45, 2.75) is 0 Å². The van der Waals surface area contributed by atoms with Crippen LogP contribution >= 0.6 is 0 Å². The highest BCUT2D eigenvalue weighted by Gasteiger charge is 2.24. The highest BCUT2D eigenvalue weighted by molar-refractivity contribution is 6.26. The number of rotatable bonds is 1. The second-order valence-electron chi connectivity index (χ2n) is 6.16. The number of hydrogen-bond acceptors (Lipinski definition) is 1. The lowest BCUT2D eigenvalue weighted by Crippen LogP contribution is -2.09. The van der Waals surface area contributed by atoms with Gasteiger partial charge in [-0.3, -0.25) is 4.79 Å². The van der Waals surface area contributed by atoms with E-state index in [0.717, 1.165) is 38.6 Å². The fraction of sp³-hybridized carbons (Fsp3) is 0. The smallest absolute Gasteiger partial charge is 0.194 e. The summed E-state index contributed by atoms with van der Waals surface area (Å²) in [4.78, 5) is 12.9. The highest BCUT2D eigenvalue weighted by Crippen LogP contribution is 2.40. The van der Waals surface area contributed by atoms with Crippen molar-refractivity contribution in [2.24, 2.45) is 0 Å². The molecule has 24 heavy (non-hydrogen) atoms. The summed E-state index contributed by atoms with van der Waals surface area (Å²) in [6.45, 7) is 0. The van der Waals surface area contributed by atoms with Gasteiger partial charge in [0.1, 0.15) is 0 Å². The maximum Gasteiger partial charge on any atom is 0.194 e. The third-order valence-electron chi connectivity index (χ3n) is 4.81. The highest BCUT2D eigenvalue weighted by atomic mass is 16.1. The lowest BCUT2D eigenvalue weighted by Gasteiger charge is -2.20. The molecule has 0 heterocycles. The fourth-order valence-electron chi connectivity index (χ4n) is 3.67. The van der Waals surface area contributed by atoms with Crippen molar-refractivity contribution >= 4 is 16.6 Å². The normalized spacial score (nSPS) is 12.2. The Labute approximate surface area is 140 Å². The average molecular weight is 306 g/mol. The molecule has 5 rings (SSSR count). The zero-order valence-corrected chi connectivity index (χ0v) is 13.0. The van der Waals surface area contributed by atoms with E-state index in [9.17, 15) is 4.79 Å². The van der Waals surface area contributed by atoms with E-state index >= 15 is 0 Å². The molecule has 0 saturated heterocycles. The molecule has 0 unspecified atom stereocenters. The Hall–Kier alpha value is -3.19. The van der Waals surface area contributed by atoms with Gasteiger partial charge in [-0.2, -0.15) is 0 Å². The lowest BCUT2D eigenvalue weighted by atomic mass is 9.82. The average Bonchev–Trinajstić information content (AvgIpc) is 2.66. The predicted octanol–water partition coefficient (Wildman–Crippen LogP) is 5.72. The predicted molar refractivity (Wildman–Crippen MR) is 98.3 cm³/mol. The Morgan fingerprint density at radius 1 is 0.500 bits per heavy atom. The molecular formula is C23H14O. The van der Waals surface area contributed by atoms with E-state index in [2.05, 4.69) is 42.5 Å². The molecule has 0 aliphatic heterocycles. The van der Waals surface area contributed by atoms with Crippen LogP contribution in [0, 0.1) is 0 Å². The molecular weight excluding hydrogens is 292 g/mol. The van der Waals surface area contributed by atoms with Crippen LogP contribution in [0.3, 0.4) is 0 Å². The quantitative estimate of drug-likeness (QED) is 0.387. The SMILES string of the molecule is O=C1c2ccc(-c3ccccc3)cc2-c2cccc3cccc1c23. The summed E-state index contributed by atoms with van der Waals surface area (Å²) in [6.07, 6.45) is 0. The molecule has 0 amide bonds. The molecule has 0 saturated carbocycles. The van der Waals surface area contributed by atoms with Gasteiger partial charge in [-0.05, 0) is 39.8 Å². The first kappa shape index (κ1) is 13.3. The first-order chi connectivity index (χ1) is 11.8. The van der Waals surface area contributed by atoms with Crippen molar-refractivity contribution in [3.8, 4) is 22.3 Å². The Morgan fingerprint density at radius 2 is 1.25 bits per heavy atom. The zero-order chi connectivity index (χ0) is 16.1. The van der Waals surface area contributed by atoms with Gasteiger partial charge in [0.25, 0.3) is 0 Å².